The Morgan fingerprint density at radius 1 is 1.16 bits per heavy atom. The minimum absolute atomic E-state index is 0.0968. The second kappa shape index (κ2) is 7.44. The number of benzene rings is 2. The number of nitrogens with two attached hydrogens (primary N) is 1. The van der Waals surface area contributed by atoms with Crippen LogP contribution in [-0.2, 0) is 6.61 Å². The zero-order valence-corrected chi connectivity index (χ0v) is 13.8. The highest BCUT2D eigenvalue weighted by atomic mass is 16.5. The van der Waals surface area contributed by atoms with Crippen LogP contribution in [0.1, 0.15) is 16.1 Å². The molecule has 2 aromatic carbocycles. The number of nitrogen functional groups attached to an aromatic ring is 1. The van der Waals surface area contributed by atoms with Gasteiger partial charge in [0.15, 0.2) is 11.5 Å². The fraction of sp³-hybridized carbons (Fsp3) is 0.105. The van der Waals surface area contributed by atoms with Crippen molar-refractivity contribution >= 4 is 11.7 Å². The second-order valence-corrected chi connectivity index (χ2v) is 5.37. The minimum atomic E-state index is -0.372. The summed E-state index contributed by atoms with van der Waals surface area (Å²) in [5.41, 5.74) is 8.27. The molecular formula is C19H18N4O2. The lowest BCUT2D eigenvalue weighted by atomic mass is 10.1. The van der Waals surface area contributed by atoms with E-state index < -0.39 is 0 Å². The molecule has 6 heteroatoms. The van der Waals surface area contributed by atoms with Crippen molar-refractivity contribution in [1.29, 1.82) is 0 Å². The summed E-state index contributed by atoms with van der Waals surface area (Å²) in [5.74, 6) is 0.435. The molecule has 1 amide bonds. The number of carbonyl (C=O) groups excluding carboxylic acids is 1. The Hall–Kier alpha value is -3.41. The van der Waals surface area contributed by atoms with E-state index in [1.54, 1.807) is 0 Å². The van der Waals surface area contributed by atoms with Crippen molar-refractivity contribution in [3.8, 4) is 17.0 Å². The zero-order valence-electron chi connectivity index (χ0n) is 13.8. The Labute approximate surface area is 145 Å². The Balaban J connectivity index is 1.83. The van der Waals surface area contributed by atoms with Crippen LogP contribution in [-0.4, -0.2) is 22.9 Å². The molecule has 0 aliphatic carbocycles. The summed E-state index contributed by atoms with van der Waals surface area (Å²) in [6.07, 6.45) is 1.54. The molecule has 0 atom stereocenters. The molecule has 6 nitrogen and oxygen atoms in total. The summed E-state index contributed by atoms with van der Waals surface area (Å²) in [6, 6.07) is 17.4. The van der Waals surface area contributed by atoms with Crippen LogP contribution in [0.3, 0.4) is 0 Å². The molecule has 0 spiro atoms. The van der Waals surface area contributed by atoms with Gasteiger partial charge in [-0.1, -0.05) is 42.5 Å². The van der Waals surface area contributed by atoms with Crippen LogP contribution in [0.25, 0.3) is 11.3 Å². The standard InChI is InChI=1S/C19H18N4O2/c1-21-19(24)17-18(20)22-11-16(23-17)14-8-5-9-15(10-14)25-12-13-6-3-2-4-7-13/h2-11H,12H2,1H3,(H2,20,22)(H,21,24). The fourth-order valence-corrected chi connectivity index (χ4v) is 2.31. The molecule has 126 valence electrons. The van der Waals surface area contributed by atoms with Gasteiger partial charge in [0, 0.05) is 12.6 Å². The molecule has 0 radical (unpaired) electrons. The maximum Gasteiger partial charge on any atom is 0.273 e. The van der Waals surface area contributed by atoms with Crippen molar-refractivity contribution in [2.24, 2.45) is 0 Å². The summed E-state index contributed by atoms with van der Waals surface area (Å²) >= 11 is 0. The molecular weight excluding hydrogens is 316 g/mol. The summed E-state index contributed by atoms with van der Waals surface area (Å²) in [5, 5.41) is 2.50. The molecule has 0 saturated heterocycles. The Morgan fingerprint density at radius 3 is 2.72 bits per heavy atom. The lowest BCUT2D eigenvalue weighted by molar-refractivity contribution is 0.0959. The third kappa shape index (κ3) is 3.92. The summed E-state index contributed by atoms with van der Waals surface area (Å²) < 4.78 is 5.82. The van der Waals surface area contributed by atoms with Crippen molar-refractivity contribution < 1.29 is 9.53 Å². The zero-order chi connectivity index (χ0) is 17.6. The highest BCUT2D eigenvalue weighted by molar-refractivity contribution is 5.96. The Morgan fingerprint density at radius 2 is 1.96 bits per heavy atom. The van der Waals surface area contributed by atoms with Crippen LogP contribution in [0.2, 0.25) is 0 Å². The van der Waals surface area contributed by atoms with Crippen molar-refractivity contribution in [1.82, 2.24) is 15.3 Å². The summed E-state index contributed by atoms with van der Waals surface area (Å²) in [7, 11) is 1.52. The smallest absolute Gasteiger partial charge is 0.273 e. The number of aromatic nitrogens is 2. The molecule has 1 heterocycles. The molecule has 1 aromatic heterocycles. The van der Waals surface area contributed by atoms with E-state index in [1.165, 1.54) is 13.2 Å². The highest BCUT2D eigenvalue weighted by Gasteiger charge is 2.13. The van der Waals surface area contributed by atoms with Crippen LogP contribution < -0.4 is 15.8 Å². The number of amides is 1. The van der Waals surface area contributed by atoms with Crippen LogP contribution in [0.5, 0.6) is 5.75 Å². The molecule has 3 aromatic rings. The van der Waals surface area contributed by atoms with E-state index in [1.807, 2.05) is 54.6 Å². The molecule has 25 heavy (non-hydrogen) atoms. The molecule has 0 unspecified atom stereocenters. The first-order valence-electron chi connectivity index (χ1n) is 7.79. The predicted octanol–water partition coefficient (Wildman–Crippen LogP) is 2.66. The van der Waals surface area contributed by atoms with E-state index >= 15 is 0 Å². The number of carbonyl (C=O) groups is 1. The van der Waals surface area contributed by atoms with Crippen molar-refractivity contribution in [3.05, 3.63) is 72.1 Å². The third-order valence-electron chi connectivity index (χ3n) is 3.62. The van der Waals surface area contributed by atoms with E-state index in [2.05, 4.69) is 15.3 Å². The van der Waals surface area contributed by atoms with E-state index in [4.69, 9.17) is 10.5 Å². The monoisotopic (exact) mass is 334 g/mol. The first-order chi connectivity index (χ1) is 12.2. The number of anilines is 1. The SMILES string of the molecule is CNC(=O)c1nc(-c2cccc(OCc3ccccc3)c2)cnc1N. The van der Waals surface area contributed by atoms with E-state index in [0.29, 0.717) is 18.1 Å². The quantitative estimate of drug-likeness (QED) is 0.748. The molecule has 0 saturated carbocycles. The third-order valence-corrected chi connectivity index (χ3v) is 3.62. The van der Waals surface area contributed by atoms with Gasteiger partial charge in [-0.2, -0.15) is 0 Å². The number of hydrogen-bond donors (Lipinski definition) is 2. The van der Waals surface area contributed by atoms with E-state index in [-0.39, 0.29) is 17.4 Å². The van der Waals surface area contributed by atoms with Gasteiger partial charge in [0.25, 0.3) is 5.91 Å². The lowest BCUT2D eigenvalue weighted by Crippen LogP contribution is -2.21. The molecule has 3 rings (SSSR count). The second-order valence-electron chi connectivity index (χ2n) is 5.37. The van der Waals surface area contributed by atoms with Gasteiger partial charge in [-0.15, -0.1) is 0 Å². The average Bonchev–Trinajstić information content (AvgIpc) is 2.67. The minimum Gasteiger partial charge on any atom is -0.489 e. The normalized spacial score (nSPS) is 10.3. The van der Waals surface area contributed by atoms with Crippen LogP contribution >= 0.6 is 0 Å². The first-order valence-corrected chi connectivity index (χ1v) is 7.79. The number of hydrogen-bond acceptors (Lipinski definition) is 5. The van der Waals surface area contributed by atoms with E-state index in [9.17, 15) is 4.79 Å². The Bertz CT molecular complexity index is 882. The molecule has 3 N–H and O–H groups in total. The summed E-state index contributed by atoms with van der Waals surface area (Å²) in [4.78, 5) is 20.2. The van der Waals surface area contributed by atoms with Crippen LogP contribution in [0, 0.1) is 0 Å². The molecule has 0 aliphatic rings. The largest absolute Gasteiger partial charge is 0.489 e. The van der Waals surface area contributed by atoms with Crippen molar-refractivity contribution in [3.63, 3.8) is 0 Å². The number of rotatable bonds is 5. The topological polar surface area (TPSA) is 90.1 Å². The van der Waals surface area contributed by atoms with Crippen LogP contribution in [0.15, 0.2) is 60.8 Å². The van der Waals surface area contributed by atoms with Gasteiger partial charge in [0.2, 0.25) is 0 Å². The van der Waals surface area contributed by atoms with E-state index in [0.717, 1.165) is 11.1 Å². The number of ether oxygens (including phenoxy) is 1. The van der Waals surface area contributed by atoms with Crippen molar-refractivity contribution in [2.75, 3.05) is 12.8 Å². The Kier molecular flexibility index (Phi) is 4.89. The average molecular weight is 334 g/mol. The first kappa shape index (κ1) is 16.4. The number of nitrogens with zero attached hydrogens (tertiary/aromatic N) is 2. The van der Waals surface area contributed by atoms with Gasteiger partial charge < -0.3 is 15.8 Å². The maximum absolute atomic E-state index is 11.8. The van der Waals surface area contributed by atoms with Gasteiger partial charge in [-0.25, -0.2) is 9.97 Å². The van der Waals surface area contributed by atoms with Gasteiger partial charge in [0.1, 0.15) is 12.4 Å². The lowest BCUT2D eigenvalue weighted by Gasteiger charge is -2.09. The summed E-state index contributed by atoms with van der Waals surface area (Å²) in [6.45, 7) is 0.473. The van der Waals surface area contributed by atoms with Gasteiger partial charge >= 0.3 is 0 Å². The molecule has 0 aliphatic heterocycles. The van der Waals surface area contributed by atoms with Crippen molar-refractivity contribution in [2.45, 2.75) is 6.61 Å². The fourth-order valence-electron chi connectivity index (χ4n) is 2.31. The molecule has 0 bridgehead atoms. The molecule has 0 fully saturated rings. The number of nitrogens with one attached hydrogen (secondary N) is 1. The van der Waals surface area contributed by atoms with Gasteiger partial charge in [0.05, 0.1) is 11.9 Å². The van der Waals surface area contributed by atoms with Gasteiger partial charge in [-0.05, 0) is 17.7 Å². The van der Waals surface area contributed by atoms with Crippen LogP contribution in [0.4, 0.5) is 5.82 Å². The highest BCUT2D eigenvalue weighted by Crippen LogP contribution is 2.23. The maximum atomic E-state index is 11.8. The predicted molar refractivity (Wildman–Crippen MR) is 96.0 cm³/mol. The van der Waals surface area contributed by atoms with Gasteiger partial charge in [-0.3, -0.25) is 4.79 Å².